The number of guanidine groups is 1. The lowest BCUT2D eigenvalue weighted by atomic mass is 9.93. The predicted octanol–water partition coefficient (Wildman–Crippen LogP) is 3.47. The Labute approximate surface area is 188 Å². The van der Waals surface area contributed by atoms with Crippen molar-refractivity contribution in [2.24, 2.45) is 16.8 Å². The van der Waals surface area contributed by atoms with Gasteiger partial charge in [-0.2, -0.15) is 0 Å². The molecule has 2 aliphatic heterocycles. The normalized spacial score (nSPS) is 27.0. The summed E-state index contributed by atoms with van der Waals surface area (Å²) in [5, 5.41) is 3.54. The first-order valence-corrected chi connectivity index (χ1v) is 10.8. The zero-order chi connectivity index (χ0) is 19.2. The molecule has 2 fully saturated rings. The van der Waals surface area contributed by atoms with Gasteiger partial charge in [-0.1, -0.05) is 6.92 Å². The number of likely N-dealkylation sites (tertiary alicyclic amines) is 2. The minimum absolute atomic E-state index is 0. The number of aliphatic imine (C=N–C) groups is 1. The zero-order valence-electron chi connectivity index (χ0n) is 18.0. The smallest absolute Gasteiger partial charge is 0.193 e. The van der Waals surface area contributed by atoms with Crippen LogP contribution in [0.1, 0.15) is 53.0 Å². The van der Waals surface area contributed by atoms with Gasteiger partial charge in [0.05, 0.1) is 12.4 Å². The summed E-state index contributed by atoms with van der Waals surface area (Å²) in [5.41, 5.74) is 0. The van der Waals surface area contributed by atoms with Gasteiger partial charge in [0.1, 0.15) is 0 Å². The molecule has 0 saturated carbocycles. The highest BCUT2D eigenvalue weighted by atomic mass is 127. The Balaban J connectivity index is 0.00000280. The van der Waals surface area contributed by atoms with Gasteiger partial charge in [-0.05, 0) is 58.4 Å². The van der Waals surface area contributed by atoms with E-state index in [0.717, 1.165) is 32.1 Å². The van der Waals surface area contributed by atoms with Gasteiger partial charge in [0, 0.05) is 51.2 Å². The number of rotatable bonds is 5. The molecule has 0 amide bonds. The van der Waals surface area contributed by atoms with Crippen LogP contribution in [0.4, 0.5) is 0 Å². The summed E-state index contributed by atoms with van der Waals surface area (Å²) in [7, 11) is 0. The van der Waals surface area contributed by atoms with E-state index in [2.05, 4.69) is 58.6 Å². The summed E-state index contributed by atoms with van der Waals surface area (Å²) in [6.45, 7) is 15.5. The number of piperidine rings is 2. The summed E-state index contributed by atoms with van der Waals surface area (Å²) in [6.07, 6.45) is 9.74. The topological polar surface area (TPSA) is 48.7 Å². The molecule has 2 saturated heterocycles. The fraction of sp³-hybridized carbons (Fsp3) is 0.810. The second-order valence-corrected chi connectivity index (χ2v) is 8.58. The highest BCUT2D eigenvalue weighted by Gasteiger charge is 2.29. The Bertz CT molecular complexity index is 588. The van der Waals surface area contributed by atoms with Crippen molar-refractivity contribution < 1.29 is 0 Å². The summed E-state index contributed by atoms with van der Waals surface area (Å²) in [6, 6.07) is 1.11. The van der Waals surface area contributed by atoms with Crippen molar-refractivity contribution in [2.45, 2.75) is 59.0 Å². The van der Waals surface area contributed by atoms with E-state index >= 15 is 0 Å². The van der Waals surface area contributed by atoms with Crippen LogP contribution in [-0.2, 0) is 0 Å². The van der Waals surface area contributed by atoms with Crippen LogP contribution in [0.25, 0.3) is 0 Å². The molecule has 2 aliphatic rings. The molecule has 1 N–H and O–H groups in total. The average Bonchev–Trinajstić information content (AvgIpc) is 3.20. The van der Waals surface area contributed by atoms with E-state index in [9.17, 15) is 0 Å². The third-order valence-electron chi connectivity index (χ3n) is 6.24. The molecule has 1 aromatic rings. The summed E-state index contributed by atoms with van der Waals surface area (Å²) >= 11 is 0. The molecule has 160 valence electrons. The van der Waals surface area contributed by atoms with Gasteiger partial charge < -0.3 is 19.7 Å². The number of hydrogen-bond donors (Lipinski definition) is 1. The Kier molecular flexibility index (Phi) is 9.53. The van der Waals surface area contributed by atoms with E-state index < -0.39 is 0 Å². The maximum Gasteiger partial charge on any atom is 0.193 e. The summed E-state index contributed by atoms with van der Waals surface area (Å²) in [5.74, 6) is 2.44. The molecule has 28 heavy (non-hydrogen) atoms. The quantitative estimate of drug-likeness (QED) is 0.381. The Morgan fingerprint density at radius 3 is 2.75 bits per heavy atom. The first kappa shape index (κ1) is 23.4. The molecule has 0 radical (unpaired) electrons. The van der Waals surface area contributed by atoms with Gasteiger partial charge in [0.25, 0.3) is 0 Å². The molecular weight excluding hydrogens is 463 g/mol. The fourth-order valence-corrected chi connectivity index (χ4v) is 4.45. The molecular formula is C21H39IN6. The van der Waals surface area contributed by atoms with Gasteiger partial charge in [0.2, 0.25) is 0 Å². The molecule has 3 unspecified atom stereocenters. The van der Waals surface area contributed by atoms with Crippen LogP contribution in [0.2, 0.25) is 0 Å². The van der Waals surface area contributed by atoms with Crippen LogP contribution >= 0.6 is 24.0 Å². The van der Waals surface area contributed by atoms with Gasteiger partial charge in [-0.15, -0.1) is 24.0 Å². The Hall–Kier alpha value is -0.830. The van der Waals surface area contributed by atoms with Gasteiger partial charge in [-0.3, -0.25) is 4.99 Å². The fourth-order valence-electron chi connectivity index (χ4n) is 4.45. The van der Waals surface area contributed by atoms with Crippen LogP contribution in [0.15, 0.2) is 23.7 Å². The molecule has 3 heterocycles. The molecule has 0 aromatic carbocycles. The zero-order valence-corrected chi connectivity index (χ0v) is 20.4. The van der Waals surface area contributed by atoms with Crippen LogP contribution in [0.5, 0.6) is 0 Å². The van der Waals surface area contributed by atoms with Crippen LogP contribution in [0.3, 0.4) is 0 Å². The summed E-state index contributed by atoms with van der Waals surface area (Å²) in [4.78, 5) is 14.4. The third-order valence-corrected chi connectivity index (χ3v) is 6.24. The maximum absolute atomic E-state index is 5.08. The number of halogens is 1. The molecule has 0 aliphatic carbocycles. The lowest BCUT2D eigenvalue weighted by molar-refractivity contribution is 0.142. The van der Waals surface area contributed by atoms with Crippen LogP contribution in [0, 0.1) is 11.8 Å². The number of nitrogens with zero attached hydrogens (tertiary/aromatic N) is 5. The van der Waals surface area contributed by atoms with Crippen molar-refractivity contribution in [1.29, 1.82) is 0 Å². The molecule has 0 spiro atoms. The second-order valence-electron chi connectivity index (χ2n) is 8.58. The first-order chi connectivity index (χ1) is 13.1. The van der Waals surface area contributed by atoms with Crippen LogP contribution < -0.4 is 5.32 Å². The SMILES string of the molecule is CCNC(=NCC1CCCN(C(C)C)C1)N1CCC(C)C(n2ccnc2)C1.I. The van der Waals surface area contributed by atoms with Crippen molar-refractivity contribution in [2.75, 3.05) is 39.3 Å². The second kappa shape index (κ2) is 11.4. The lowest BCUT2D eigenvalue weighted by Gasteiger charge is -2.39. The number of nitrogens with one attached hydrogen (secondary N) is 1. The summed E-state index contributed by atoms with van der Waals surface area (Å²) < 4.78 is 2.27. The van der Waals surface area contributed by atoms with E-state index in [1.54, 1.807) is 0 Å². The largest absolute Gasteiger partial charge is 0.357 e. The first-order valence-electron chi connectivity index (χ1n) is 10.8. The molecule has 0 bridgehead atoms. The van der Waals surface area contributed by atoms with Crippen molar-refractivity contribution >= 4 is 29.9 Å². The minimum atomic E-state index is 0. The van der Waals surface area contributed by atoms with Crippen molar-refractivity contribution in [3.05, 3.63) is 18.7 Å². The number of aromatic nitrogens is 2. The number of imidazole rings is 1. The molecule has 3 rings (SSSR count). The maximum atomic E-state index is 5.08. The van der Waals surface area contributed by atoms with Crippen molar-refractivity contribution in [1.82, 2.24) is 24.7 Å². The lowest BCUT2D eigenvalue weighted by Crippen LogP contribution is -2.49. The molecule has 3 atom stereocenters. The van der Waals surface area contributed by atoms with Crippen molar-refractivity contribution in [3.8, 4) is 0 Å². The molecule has 6 nitrogen and oxygen atoms in total. The average molecular weight is 502 g/mol. The minimum Gasteiger partial charge on any atom is -0.357 e. The standard InChI is InChI=1S/C21H38N6.HI/c1-5-23-21(24-13-19-7-6-10-25(14-19)17(2)3)26-11-8-18(4)20(15-26)27-12-9-22-16-27;/h9,12,16-20H,5-8,10-11,13-15H2,1-4H3,(H,23,24);1H. The van der Waals surface area contributed by atoms with E-state index in [0.29, 0.717) is 23.9 Å². The highest BCUT2D eigenvalue weighted by molar-refractivity contribution is 14.0. The van der Waals surface area contributed by atoms with Crippen molar-refractivity contribution in [3.63, 3.8) is 0 Å². The highest BCUT2D eigenvalue weighted by Crippen LogP contribution is 2.27. The third kappa shape index (κ3) is 6.08. The Morgan fingerprint density at radius 2 is 2.07 bits per heavy atom. The van der Waals surface area contributed by atoms with E-state index in [1.807, 2.05) is 12.5 Å². The van der Waals surface area contributed by atoms with Crippen LogP contribution in [-0.4, -0.2) is 70.6 Å². The van der Waals surface area contributed by atoms with Gasteiger partial charge in [-0.25, -0.2) is 4.98 Å². The molecule has 1 aromatic heterocycles. The number of hydrogen-bond acceptors (Lipinski definition) is 3. The van der Waals surface area contributed by atoms with E-state index in [4.69, 9.17) is 4.99 Å². The van der Waals surface area contributed by atoms with Gasteiger partial charge >= 0.3 is 0 Å². The predicted molar refractivity (Wildman–Crippen MR) is 127 cm³/mol. The van der Waals surface area contributed by atoms with E-state index in [1.165, 1.54) is 32.4 Å². The molecule has 7 heteroatoms. The van der Waals surface area contributed by atoms with E-state index in [-0.39, 0.29) is 24.0 Å². The monoisotopic (exact) mass is 502 g/mol. The Morgan fingerprint density at radius 1 is 1.25 bits per heavy atom. The van der Waals surface area contributed by atoms with Gasteiger partial charge in [0.15, 0.2) is 5.96 Å².